The van der Waals surface area contributed by atoms with Gasteiger partial charge < -0.3 is 13.8 Å². The third-order valence-corrected chi connectivity index (χ3v) is 6.42. The van der Waals surface area contributed by atoms with E-state index < -0.39 is 15.5 Å². The van der Waals surface area contributed by atoms with Gasteiger partial charge in [0, 0.05) is 34.8 Å². The summed E-state index contributed by atoms with van der Waals surface area (Å²) in [5.74, 6) is 0.862. The summed E-state index contributed by atoms with van der Waals surface area (Å²) in [6.45, 7) is 8.27. The van der Waals surface area contributed by atoms with E-state index in [1.165, 1.54) is 6.07 Å². The normalized spacial score (nSPS) is 15.9. The van der Waals surface area contributed by atoms with Gasteiger partial charge in [-0.2, -0.15) is 8.42 Å². The fourth-order valence-electron chi connectivity index (χ4n) is 4.10. The first-order valence-electron chi connectivity index (χ1n) is 11.4. The van der Waals surface area contributed by atoms with Gasteiger partial charge >= 0.3 is 10.1 Å². The van der Waals surface area contributed by atoms with Crippen LogP contribution in [0, 0.1) is 5.41 Å². The molecule has 1 saturated carbocycles. The van der Waals surface area contributed by atoms with Gasteiger partial charge in [-0.25, -0.2) is 4.98 Å². The Morgan fingerprint density at radius 3 is 2.53 bits per heavy atom. The minimum atomic E-state index is -3.80. The van der Waals surface area contributed by atoms with Crippen molar-refractivity contribution < 1.29 is 22.1 Å². The molecule has 4 rings (SSSR count). The number of ether oxygens (including phenoxy) is 1. The van der Waals surface area contributed by atoms with Crippen molar-refractivity contribution in [3.8, 4) is 11.5 Å². The highest BCUT2D eigenvalue weighted by molar-refractivity contribution is 7.86. The molecule has 2 aliphatic rings. The number of ketones is 1. The van der Waals surface area contributed by atoms with Gasteiger partial charge in [-0.15, -0.1) is 0 Å². The Balaban J connectivity index is 1.64. The summed E-state index contributed by atoms with van der Waals surface area (Å²) in [5, 5.41) is 8.58. The molecule has 1 aromatic heterocycles. The lowest BCUT2D eigenvalue weighted by Crippen LogP contribution is -2.30. The van der Waals surface area contributed by atoms with Crippen molar-refractivity contribution in [3.05, 3.63) is 52.3 Å². The summed E-state index contributed by atoms with van der Waals surface area (Å²) in [6.07, 6.45) is 3.25. The van der Waals surface area contributed by atoms with Crippen molar-refractivity contribution in [1.29, 1.82) is 5.41 Å². The molecule has 1 N–H and O–H groups in total. The number of nitrogens with zero attached hydrogens (tertiary/aromatic N) is 2. The zero-order valence-corrected chi connectivity index (χ0v) is 21.1. The van der Waals surface area contributed by atoms with Crippen LogP contribution < -0.4 is 8.92 Å². The fourth-order valence-corrected chi connectivity index (χ4v) is 4.57. The van der Waals surface area contributed by atoms with Crippen molar-refractivity contribution in [2.45, 2.75) is 58.4 Å². The molecular formula is C25H31N3O5S. The second kappa shape index (κ2) is 8.69. The number of rotatable bonds is 8. The van der Waals surface area contributed by atoms with Gasteiger partial charge in [0.05, 0.1) is 19.4 Å². The summed E-state index contributed by atoms with van der Waals surface area (Å²) in [4.78, 5) is 19.7. The van der Waals surface area contributed by atoms with Crippen LogP contribution in [0.5, 0.6) is 11.5 Å². The van der Waals surface area contributed by atoms with Crippen LogP contribution in [0.4, 0.5) is 0 Å². The van der Waals surface area contributed by atoms with Crippen LogP contribution in [0.2, 0.25) is 0 Å². The number of Topliss-reactive ketones (excluding diaryl/α,β-unsaturated/α-hetero) is 1. The molecule has 182 valence electrons. The molecule has 0 amide bonds. The maximum absolute atomic E-state index is 13.3. The third-order valence-electron chi connectivity index (χ3n) is 5.95. The summed E-state index contributed by atoms with van der Waals surface area (Å²) in [5.41, 5.74) is 3.05. The van der Waals surface area contributed by atoms with Crippen molar-refractivity contribution in [1.82, 2.24) is 9.88 Å². The second-order valence-electron chi connectivity index (χ2n) is 9.97. The van der Waals surface area contributed by atoms with E-state index in [1.807, 2.05) is 32.9 Å². The number of amidine groups is 1. The zero-order chi connectivity index (χ0) is 24.8. The third kappa shape index (κ3) is 5.09. The highest BCUT2D eigenvalue weighted by atomic mass is 32.2. The van der Waals surface area contributed by atoms with Gasteiger partial charge in [0.1, 0.15) is 11.5 Å². The molecule has 0 saturated heterocycles. The fraction of sp³-hybridized carbons (Fsp3) is 0.480. The number of carbonyl (C=O) groups excluding carboxylic acids is 1. The SMILES string of the molecule is CCOc1cc(C(=O)CN2Cc3ccc(C4CC4)nc3C2=N)cc(C(C)(C)C)c1OS(C)(=O)=O. The summed E-state index contributed by atoms with van der Waals surface area (Å²) in [6, 6.07) is 7.23. The van der Waals surface area contributed by atoms with Crippen LogP contribution >= 0.6 is 0 Å². The van der Waals surface area contributed by atoms with E-state index in [2.05, 4.69) is 4.98 Å². The molecule has 2 heterocycles. The van der Waals surface area contributed by atoms with Crippen LogP contribution in [0.3, 0.4) is 0 Å². The number of hydrogen-bond donors (Lipinski definition) is 1. The van der Waals surface area contributed by atoms with Gasteiger partial charge in [0.15, 0.2) is 17.3 Å². The highest BCUT2D eigenvalue weighted by Crippen LogP contribution is 2.41. The maximum atomic E-state index is 13.3. The first kappa shape index (κ1) is 24.2. The molecule has 0 unspecified atom stereocenters. The average Bonchev–Trinajstić information content (AvgIpc) is 3.53. The largest absolute Gasteiger partial charge is 0.490 e. The molecule has 9 heteroatoms. The summed E-state index contributed by atoms with van der Waals surface area (Å²) < 4.78 is 34.8. The molecule has 34 heavy (non-hydrogen) atoms. The van der Waals surface area contributed by atoms with Crippen LogP contribution in [-0.4, -0.2) is 49.3 Å². The van der Waals surface area contributed by atoms with Gasteiger partial charge in [0.25, 0.3) is 0 Å². The second-order valence-corrected chi connectivity index (χ2v) is 11.5. The standard InChI is InChI=1S/C25H31N3O5S/c1-6-32-21-12-17(11-18(25(2,3)4)23(21)33-34(5,30)31)20(29)14-28-13-16-9-10-19(15-7-8-15)27-22(16)24(28)26/h9-12,15,26H,6-8,13-14H2,1-5H3. The number of pyridine rings is 1. The topological polar surface area (TPSA) is 110 Å². The maximum Gasteiger partial charge on any atom is 0.306 e. The smallest absolute Gasteiger partial charge is 0.306 e. The Morgan fingerprint density at radius 2 is 1.94 bits per heavy atom. The number of nitrogens with one attached hydrogen (secondary N) is 1. The molecule has 0 radical (unpaired) electrons. The Morgan fingerprint density at radius 1 is 1.24 bits per heavy atom. The van der Waals surface area contributed by atoms with Gasteiger partial charge in [-0.05, 0) is 43.4 Å². The molecule has 0 bridgehead atoms. The van der Waals surface area contributed by atoms with Gasteiger partial charge in [-0.1, -0.05) is 26.8 Å². The lowest BCUT2D eigenvalue weighted by molar-refractivity contribution is 0.0962. The molecule has 1 aromatic carbocycles. The molecule has 8 nitrogen and oxygen atoms in total. The van der Waals surface area contributed by atoms with E-state index in [0.29, 0.717) is 29.3 Å². The van der Waals surface area contributed by atoms with E-state index in [1.54, 1.807) is 17.9 Å². The number of fused-ring (bicyclic) bond motifs is 1. The monoisotopic (exact) mass is 485 g/mol. The van der Waals surface area contributed by atoms with Crippen LogP contribution in [0.1, 0.15) is 79.3 Å². The predicted molar refractivity (Wildman–Crippen MR) is 130 cm³/mol. The van der Waals surface area contributed by atoms with Crippen molar-refractivity contribution >= 4 is 21.7 Å². The lowest BCUT2D eigenvalue weighted by atomic mass is 9.84. The van der Waals surface area contributed by atoms with Crippen LogP contribution in [-0.2, 0) is 22.1 Å². The Labute approximate surface area is 200 Å². The molecule has 0 spiro atoms. The molecule has 1 aliphatic carbocycles. The van der Waals surface area contributed by atoms with Crippen molar-refractivity contribution in [2.24, 2.45) is 0 Å². The van der Waals surface area contributed by atoms with E-state index in [-0.39, 0.29) is 36.3 Å². The summed E-state index contributed by atoms with van der Waals surface area (Å²) >= 11 is 0. The van der Waals surface area contributed by atoms with Crippen LogP contribution in [0.15, 0.2) is 24.3 Å². The number of benzene rings is 1. The van der Waals surface area contributed by atoms with E-state index in [9.17, 15) is 13.2 Å². The van der Waals surface area contributed by atoms with Crippen molar-refractivity contribution in [3.63, 3.8) is 0 Å². The minimum absolute atomic E-state index is 0.00931. The highest BCUT2D eigenvalue weighted by Gasteiger charge is 2.32. The quantitative estimate of drug-likeness (QED) is 0.444. The molecule has 2 aromatic rings. The van der Waals surface area contributed by atoms with Crippen LogP contribution in [0.25, 0.3) is 0 Å². The predicted octanol–water partition coefficient (Wildman–Crippen LogP) is 4.02. The number of hydrogen-bond acceptors (Lipinski definition) is 7. The summed E-state index contributed by atoms with van der Waals surface area (Å²) in [7, 11) is -3.80. The lowest BCUT2D eigenvalue weighted by Gasteiger charge is -2.25. The van der Waals surface area contributed by atoms with Gasteiger partial charge in [0.2, 0.25) is 0 Å². The van der Waals surface area contributed by atoms with E-state index in [0.717, 1.165) is 30.4 Å². The number of aromatic nitrogens is 1. The van der Waals surface area contributed by atoms with E-state index >= 15 is 0 Å². The van der Waals surface area contributed by atoms with Crippen molar-refractivity contribution in [2.75, 3.05) is 19.4 Å². The minimum Gasteiger partial charge on any atom is -0.490 e. The average molecular weight is 486 g/mol. The Kier molecular flexibility index (Phi) is 6.18. The number of carbonyl (C=O) groups is 1. The van der Waals surface area contributed by atoms with Gasteiger partial charge in [-0.3, -0.25) is 10.2 Å². The molecule has 1 aliphatic heterocycles. The first-order chi connectivity index (χ1) is 15.9. The van der Waals surface area contributed by atoms with E-state index in [4.69, 9.17) is 14.3 Å². The molecular weight excluding hydrogens is 454 g/mol. The Bertz CT molecular complexity index is 1260. The zero-order valence-electron chi connectivity index (χ0n) is 20.3. The first-order valence-corrected chi connectivity index (χ1v) is 13.3. The molecule has 1 fully saturated rings. The Hall–Kier alpha value is -2.94. The molecule has 0 atom stereocenters.